The predicted octanol–water partition coefficient (Wildman–Crippen LogP) is 4.85. The van der Waals surface area contributed by atoms with Crippen molar-refractivity contribution in [3.8, 4) is 0 Å². The number of hydrogen-bond donors (Lipinski definition) is 2. The van der Waals surface area contributed by atoms with Gasteiger partial charge in [-0.1, -0.05) is 29.3 Å². The maximum Gasteiger partial charge on any atom is 0.305 e. The summed E-state index contributed by atoms with van der Waals surface area (Å²) >= 11 is 3.87. The van der Waals surface area contributed by atoms with Gasteiger partial charge in [-0.15, -0.1) is 0 Å². The lowest BCUT2D eigenvalue weighted by molar-refractivity contribution is -0.151. The van der Waals surface area contributed by atoms with Crippen LogP contribution in [-0.2, 0) is 14.3 Å². The van der Waals surface area contributed by atoms with Crippen LogP contribution < -0.4 is 0 Å². The molecule has 0 aromatic carbocycles. The summed E-state index contributed by atoms with van der Waals surface area (Å²) in [7, 11) is 0. The van der Waals surface area contributed by atoms with Crippen molar-refractivity contribution in [2.75, 3.05) is 13.2 Å². The first kappa shape index (κ1) is 24.5. The van der Waals surface area contributed by atoms with E-state index in [9.17, 15) is 9.90 Å². The van der Waals surface area contributed by atoms with Crippen molar-refractivity contribution in [1.29, 1.82) is 0 Å². The zero-order valence-corrected chi connectivity index (χ0v) is 21.8. The van der Waals surface area contributed by atoms with Gasteiger partial charge in [0.2, 0.25) is 0 Å². The molecule has 5 rings (SSSR count). The number of carbonyl (C=O) groups excluding carboxylic acids is 1. The number of alkyl halides is 1. The van der Waals surface area contributed by atoms with Crippen LogP contribution in [0.4, 0.5) is 0 Å². The second kappa shape index (κ2) is 10.1. The molecule has 0 heterocycles. The Kier molecular flexibility index (Phi) is 7.48. The highest BCUT2D eigenvalue weighted by atomic mass is 79.9. The standard InChI is InChI=1S/C27H43BrO5/c1-2-23(31)33-26-18-7-6-8-20-25-24(19(18)15-21(26)28)22(30)14-16-13-17(9-10-27(16,20)25)32-12-5-3-4-11-29/h16-22,24-26,29-30H,2-15H2,1H3/t16?,17-,18-,19?,20?,21+,22-,24?,25?,26+,27-/m0/s1. The van der Waals surface area contributed by atoms with E-state index in [0.29, 0.717) is 47.5 Å². The number of unbranched alkanes of at least 4 members (excludes halogenated alkanes) is 2. The lowest BCUT2D eigenvalue weighted by Crippen LogP contribution is -2.45. The van der Waals surface area contributed by atoms with Crippen LogP contribution in [0.5, 0.6) is 0 Å². The molecule has 0 saturated heterocycles. The molecule has 0 aromatic heterocycles. The van der Waals surface area contributed by atoms with Crippen molar-refractivity contribution >= 4 is 21.9 Å². The van der Waals surface area contributed by atoms with Crippen molar-refractivity contribution in [1.82, 2.24) is 0 Å². The fourth-order valence-corrected chi connectivity index (χ4v) is 10.00. The van der Waals surface area contributed by atoms with E-state index < -0.39 is 0 Å². The largest absolute Gasteiger partial charge is 0.461 e. The molecule has 0 aliphatic heterocycles. The Morgan fingerprint density at radius 1 is 1.09 bits per heavy atom. The summed E-state index contributed by atoms with van der Waals surface area (Å²) in [4.78, 5) is 12.3. The Morgan fingerprint density at radius 2 is 1.94 bits per heavy atom. The molecular weight excluding hydrogens is 484 g/mol. The van der Waals surface area contributed by atoms with Gasteiger partial charge < -0.3 is 19.7 Å². The van der Waals surface area contributed by atoms with Gasteiger partial charge >= 0.3 is 5.97 Å². The predicted molar refractivity (Wildman–Crippen MR) is 130 cm³/mol. The SMILES string of the molecule is CCC(=O)O[C@H]1[C@H](Br)CC2C3C4C(CCC[C@@H]21)[C@@]41CC[C@H](OCCCCCO)CC1C[C@@H]3O. The summed E-state index contributed by atoms with van der Waals surface area (Å²) in [6, 6.07) is 0. The van der Waals surface area contributed by atoms with Gasteiger partial charge in [0.05, 0.1) is 17.0 Å². The van der Waals surface area contributed by atoms with Gasteiger partial charge in [-0.3, -0.25) is 4.79 Å². The molecule has 33 heavy (non-hydrogen) atoms. The van der Waals surface area contributed by atoms with Crippen molar-refractivity contribution in [2.24, 2.45) is 40.9 Å². The van der Waals surface area contributed by atoms with Gasteiger partial charge in [0, 0.05) is 25.6 Å². The molecule has 5 fully saturated rings. The lowest BCUT2D eigenvalue weighted by atomic mass is 9.61. The Hall–Kier alpha value is -0.170. The first-order valence-corrected chi connectivity index (χ1v) is 14.7. The van der Waals surface area contributed by atoms with E-state index in [0.717, 1.165) is 63.9 Å². The van der Waals surface area contributed by atoms with Gasteiger partial charge in [0.15, 0.2) is 0 Å². The average Bonchev–Trinajstić information content (AvgIpc) is 3.32. The van der Waals surface area contributed by atoms with E-state index in [-0.39, 0.29) is 29.6 Å². The number of rotatable bonds is 8. The van der Waals surface area contributed by atoms with E-state index in [2.05, 4.69) is 15.9 Å². The van der Waals surface area contributed by atoms with Crippen LogP contribution in [0.1, 0.15) is 84.0 Å². The highest BCUT2D eigenvalue weighted by Gasteiger charge is 2.75. The zero-order chi connectivity index (χ0) is 23.2. The fraction of sp³-hybridized carbons (Fsp3) is 0.963. The minimum Gasteiger partial charge on any atom is -0.461 e. The third-order valence-electron chi connectivity index (χ3n) is 10.3. The molecule has 0 aromatic rings. The Balaban J connectivity index is 1.27. The fourth-order valence-electron chi connectivity index (χ4n) is 9.06. The summed E-state index contributed by atoms with van der Waals surface area (Å²) in [6.45, 7) is 2.95. The van der Waals surface area contributed by atoms with Crippen molar-refractivity contribution in [2.45, 2.75) is 107 Å². The molecule has 5 aliphatic rings. The topological polar surface area (TPSA) is 76.0 Å². The second-order valence-corrected chi connectivity index (χ2v) is 12.9. The zero-order valence-electron chi connectivity index (χ0n) is 20.2. The van der Waals surface area contributed by atoms with Crippen LogP contribution >= 0.6 is 15.9 Å². The molecule has 5 aliphatic carbocycles. The van der Waals surface area contributed by atoms with E-state index >= 15 is 0 Å². The van der Waals surface area contributed by atoms with Gasteiger partial charge in [0.25, 0.3) is 0 Å². The van der Waals surface area contributed by atoms with Crippen molar-refractivity contribution in [3.63, 3.8) is 0 Å². The van der Waals surface area contributed by atoms with E-state index in [1.54, 1.807) is 0 Å². The number of halogens is 1. The minimum absolute atomic E-state index is 0.0337. The van der Waals surface area contributed by atoms with Crippen LogP contribution in [0.3, 0.4) is 0 Å². The number of aliphatic hydroxyl groups is 2. The Labute approximate surface area is 207 Å². The number of carbonyl (C=O) groups is 1. The van der Waals surface area contributed by atoms with Crippen molar-refractivity contribution in [3.05, 3.63) is 0 Å². The van der Waals surface area contributed by atoms with Gasteiger partial charge in [-0.2, -0.15) is 0 Å². The molecule has 11 atom stereocenters. The van der Waals surface area contributed by atoms with E-state index in [1.807, 2.05) is 6.92 Å². The van der Waals surface area contributed by atoms with Gasteiger partial charge in [-0.25, -0.2) is 0 Å². The number of esters is 1. The molecule has 5 nitrogen and oxygen atoms in total. The number of aliphatic hydroxyl groups excluding tert-OH is 2. The highest BCUT2D eigenvalue weighted by molar-refractivity contribution is 9.09. The maximum atomic E-state index is 12.1. The molecule has 6 heteroatoms. The van der Waals surface area contributed by atoms with Crippen LogP contribution in [0, 0.1) is 40.9 Å². The van der Waals surface area contributed by atoms with Crippen molar-refractivity contribution < 1.29 is 24.5 Å². The Bertz CT molecular complexity index is 702. The molecule has 0 radical (unpaired) electrons. The monoisotopic (exact) mass is 526 g/mol. The third kappa shape index (κ3) is 4.34. The van der Waals surface area contributed by atoms with E-state index in [1.165, 1.54) is 19.3 Å². The third-order valence-corrected chi connectivity index (χ3v) is 11.2. The van der Waals surface area contributed by atoms with E-state index in [4.69, 9.17) is 14.6 Å². The van der Waals surface area contributed by atoms with Crippen LogP contribution in [-0.4, -0.2) is 52.5 Å². The van der Waals surface area contributed by atoms with Gasteiger partial charge in [0.1, 0.15) is 6.10 Å². The number of hydrogen-bond acceptors (Lipinski definition) is 5. The second-order valence-electron chi connectivity index (χ2n) is 11.7. The molecule has 5 saturated carbocycles. The summed E-state index contributed by atoms with van der Waals surface area (Å²) in [5, 5.41) is 20.5. The first-order chi connectivity index (χ1) is 16.0. The Morgan fingerprint density at radius 3 is 2.73 bits per heavy atom. The van der Waals surface area contributed by atoms with Crippen LogP contribution in [0.25, 0.3) is 0 Å². The highest BCUT2D eigenvalue weighted by Crippen LogP contribution is 2.78. The minimum atomic E-state index is -0.229. The summed E-state index contributed by atoms with van der Waals surface area (Å²) in [6.07, 6.45) is 12.6. The summed E-state index contributed by atoms with van der Waals surface area (Å²) < 4.78 is 12.2. The van der Waals surface area contributed by atoms with Crippen LogP contribution in [0.2, 0.25) is 0 Å². The molecular formula is C27H43BrO5. The molecule has 188 valence electrons. The molecule has 0 amide bonds. The average molecular weight is 528 g/mol. The smallest absolute Gasteiger partial charge is 0.305 e. The molecule has 0 bridgehead atoms. The molecule has 5 unspecified atom stereocenters. The number of ether oxygens (including phenoxy) is 2. The quantitative estimate of drug-likeness (QED) is 0.268. The number of fused-ring (bicyclic) bond motifs is 2. The lowest BCUT2D eigenvalue weighted by Gasteiger charge is -2.46. The van der Waals surface area contributed by atoms with Crippen LogP contribution in [0.15, 0.2) is 0 Å². The normalized spacial score (nSPS) is 48.1. The maximum absolute atomic E-state index is 12.1. The molecule has 2 N–H and O–H groups in total. The first-order valence-electron chi connectivity index (χ1n) is 13.7. The summed E-state index contributed by atoms with van der Waals surface area (Å²) in [5.74, 6) is 3.17. The molecule has 1 spiro atoms. The summed E-state index contributed by atoms with van der Waals surface area (Å²) in [5.41, 5.74) is 0.440. The van der Waals surface area contributed by atoms with Gasteiger partial charge in [-0.05, 0) is 99.2 Å².